The standard InChI is InChI=1S/C11H15ClN4O3S2/c1-7(2)9(17)13-3-4-14-21(18,19)10-8(12)15-11-16(10)5-6-20-11/h5-7,14H,3-4H2,1-2H3,(H,13,17). The summed E-state index contributed by atoms with van der Waals surface area (Å²) in [5, 5.41) is 4.19. The number of fused-ring (bicyclic) bond motifs is 1. The van der Waals surface area contributed by atoms with E-state index in [9.17, 15) is 13.2 Å². The van der Waals surface area contributed by atoms with Gasteiger partial charge < -0.3 is 5.32 Å². The third-order valence-corrected chi connectivity index (χ3v) is 5.29. The van der Waals surface area contributed by atoms with Crippen molar-refractivity contribution in [3.8, 4) is 0 Å². The molecule has 10 heteroatoms. The van der Waals surface area contributed by atoms with Crippen LogP contribution in [0.4, 0.5) is 0 Å². The van der Waals surface area contributed by atoms with E-state index in [1.165, 1.54) is 15.7 Å². The van der Waals surface area contributed by atoms with Gasteiger partial charge in [-0.2, -0.15) is 0 Å². The second-order valence-electron chi connectivity index (χ2n) is 4.61. The quantitative estimate of drug-likeness (QED) is 0.763. The topological polar surface area (TPSA) is 92.6 Å². The fourth-order valence-electron chi connectivity index (χ4n) is 1.62. The predicted molar refractivity (Wildman–Crippen MR) is 81.1 cm³/mol. The van der Waals surface area contributed by atoms with Gasteiger partial charge in [0.2, 0.25) is 5.91 Å². The molecule has 0 aliphatic heterocycles. The molecule has 0 aromatic carbocycles. The largest absolute Gasteiger partial charge is 0.355 e. The molecule has 2 rings (SSSR count). The van der Waals surface area contributed by atoms with Crippen LogP contribution in [0, 0.1) is 5.92 Å². The first-order valence-corrected chi connectivity index (χ1v) is 8.95. The van der Waals surface area contributed by atoms with Gasteiger partial charge in [0, 0.05) is 30.6 Å². The average Bonchev–Trinajstić information content (AvgIpc) is 2.93. The lowest BCUT2D eigenvalue weighted by atomic mass is 10.2. The maximum atomic E-state index is 12.2. The predicted octanol–water partition coefficient (Wildman–Crippen LogP) is 1.10. The molecule has 0 aliphatic carbocycles. The SMILES string of the molecule is CC(C)C(=O)NCCNS(=O)(=O)c1c(Cl)nc2sccn12. The van der Waals surface area contributed by atoms with E-state index in [2.05, 4.69) is 15.0 Å². The summed E-state index contributed by atoms with van der Waals surface area (Å²) in [4.78, 5) is 15.9. The fraction of sp³-hybridized carbons (Fsp3) is 0.455. The van der Waals surface area contributed by atoms with E-state index < -0.39 is 10.0 Å². The minimum Gasteiger partial charge on any atom is -0.355 e. The summed E-state index contributed by atoms with van der Waals surface area (Å²) in [6.07, 6.45) is 1.59. The number of hydrogen-bond acceptors (Lipinski definition) is 5. The summed E-state index contributed by atoms with van der Waals surface area (Å²) >= 11 is 7.18. The van der Waals surface area contributed by atoms with Gasteiger partial charge in [0.25, 0.3) is 10.0 Å². The van der Waals surface area contributed by atoms with E-state index >= 15 is 0 Å². The number of carbonyl (C=O) groups excluding carboxylic acids is 1. The minimum absolute atomic E-state index is 0.0689. The summed E-state index contributed by atoms with van der Waals surface area (Å²) in [7, 11) is -3.79. The Kier molecular flexibility index (Phi) is 4.87. The highest BCUT2D eigenvalue weighted by molar-refractivity contribution is 7.89. The van der Waals surface area contributed by atoms with Gasteiger partial charge in [0.05, 0.1) is 0 Å². The smallest absolute Gasteiger partial charge is 0.259 e. The number of carbonyl (C=O) groups is 1. The van der Waals surface area contributed by atoms with E-state index in [0.717, 1.165) is 0 Å². The molecule has 0 aliphatic rings. The number of thiazole rings is 1. The molecule has 1 amide bonds. The van der Waals surface area contributed by atoms with E-state index in [4.69, 9.17) is 11.6 Å². The van der Waals surface area contributed by atoms with E-state index in [1.54, 1.807) is 25.4 Å². The highest BCUT2D eigenvalue weighted by atomic mass is 35.5. The summed E-state index contributed by atoms with van der Waals surface area (Å²) < 4.78 is 28.3. The number of nitrogens with zero attached hydrogens (tertiary/aromatic N) is 2. The number of nitrogens with one attached hydrogen (secondary N) is 2. The van der Waals surface area contributed by atoms with Crippen molar-refractivity contribution in [2.75, 3.05) is 13.1 Å². The van der Waals surface area contributed by atoms with Crippen molar-refractivity contribution < 1.29 is 13.2 Å². The van der Waals surface area contributed by atoms with Crippen LogP contribution in [-0.4, -0.2) is 36.8 Å². The van der Waals surface area contributed by atoms with Crippen molar-refractivity contribution in [3.05, 3.63) is 16.7 Å². The second-order valence-corrected chi connectivity index (χ2v) is 7.52. The summed E-state index contributed by atoms with van der Waals surface area (Å²) in [5.41, 5.74) is 0. The molecule has 0 saturated heterocycles. The van der Waals surface area contributed by atoms with Gasteiger partial charge in [-0.3, -0.25) is 9.20 Å². The highest BCUT2D eigenvalue weighted by Gasteiger charge is 2.24. The van der Waals surface area contributed by atoms with E-state index in [-0.39, 0.29) is 35.1 Å². The zero-order valence-electron chi connectivity index (χ0n) is 11.5. The van der Waals surface area contributed by atoms with Crippen molar-refractivity contribution in [2.45, 2.75) is 18.9 Å². The van der Waals surface area contributed by atoms with Gasteiger partial charge in [0.15, 0.2) is 15.1 Å². The van der Waals surface area contributed by atoms with Crippen LogP contribution >= 0.6 is 22.9 Å². The first-order valence-electron chi connectivity index (χ1n) is 6.21. The zero-order valence-corrected chi connectivity index (χ0v) is 13.8. The van der Waals surface area contributed by atoms with Gasteiger partial charge in [0.1, 0.15) is 0 Å². The molecule has 0 saturated carbocycles. The molecule has 0 fully saturated rings. The normalized spacial score (nSPS) is 12.2. The number of hydrogen-bond donors (Lipinski definition) is 2. The van der Waals surface area contributed by atoms with Gasteiger partial charge in [-0.15, -0.1) is 11.3 Å². The molecule has 0 atom stereocenters. The lowest BCUT2D eigenvalue weighted by Crippen LogP contribution is -2.36. The molecule has 2 heterocycles. The van der Waals surface area contributed by atoms with Crippen LogP contribution in [0.1, 0.15) is 13.8 Å². The number of halogens is 1. The Morgan fingerprint density at radius 3 is 2.86 bits per heavy atom. The molecule has 0 unspecified atom stereocenters. The Labute approximate surface area is 131 Å². The van der Waals surface area contributed by atoms with Crippen molar-refractivity contribution >= 4 is 43.8 Å². The molecule has 0 bridgehead atoms. The van der Waals surface area contributed by atoms with Crippen LogP contribution in [0.3, 0.4) is 0 Å². The minimum atomic E-state index is -3.79. The summed E-state index contributed by atoms with van der Waals surface area (Å²) in [6.45, 7) is 3.81. The molecule has 0 spiro atoms. The molecule has 2 aromatic rings. The Morgan fingerprint density at radius 2 is 2.19 bits per heavy atom. The molecule has 2 N–H and O–H groups in total. The van der Waals surface area contributed by atoms with E-state index in [1.807, 2.05) is 0 Å². The van der Waals surface area contributed by atoms with Crippen molar-refractivity contribution in [1.29, 1.82) is 0 Å². The first kappa shape index (κ1) is 16.2. The van der Waals surface area contributed by atoms with Crippen LogP contribution in [0.5, 0.6) is 0 Å². The van der Waals surface area contributed by atoms with Crippen LogP contribution in [0.2, 0.25) is 5.15 Å². The highest BCUT2D eigenvalue weighted by Crippen LogP contribution is 2.24. The molecular formula is C11H15ClN4O3S2. The first-order chi connectivity index (χ1) is 9.83. The number of sulfonamides is 1. The molecule has 7 nitrogen and oxygen atoms in total. The van der Waals surface area contributed by atoms with Crippen LogP contribution in [0.25, 0.3) is 4.96 Å². The number of imidazole rings is 1. The number of amides is 1. The third-order valence-electron chi connectivity index (χ3n) is 2.67. The maximum absolute atomic E-state index is 12.2. The molecule has 2 aromatic heterocycles. The van der Waals surface area contributed by atoms with E-state index in [0.29, 0.717) is 4.96 Å². The van der Waals surface area contributed by atoms with Crippen LogP contribution in [-0.2, 0) is 14.8 Å². The van der Waals surface area contributed by atoms with Crippen LogP contribution < -0.4 is 10.0 Å². The second kappa shape index (κ2) is 6.30. The number of rotatable bonds is 6. The molecule has 0 radical (unpaired) electrons. The van der Waals surface area contributed by atoms with Crippen molar-refractivity contribution in [2.24, 2.45) is 5.92 Å². The maximum Gasteiger partial charge on any atom is 0.259 e. The van der Waals surface area contributed by atoms with Gasteiger partial charge in [-0.1, -0.05) is 25.4 Å². The Hall–Kier alpha value is -1.16. The third kappa shape index (κ3) is 3.54. The van der Waals surface area contributed by atoms with Gasteiger partial charge in [-0.25, -0.2) is 18.1 Å². The monoisotopic (exact) mass is 350 g/mol. The molecule has 116 valence electrons. The Bertz CT molecular complexity index is 751. The molecule has 21 heavy (non-hydrogen) atoms. The Balaban J connectivity index is 2.04. The Morgan fingerprint density at radius 1 is 1.48 bits per heavy atom. The molecular weight excluding hydrogens is 336 g/mol. The summed E-state index contributed by atoms with van der Waals surface area (Å²) in [6, 6.07) is 0. The lowest BCUT2D eigenvalue weighted by molar-refractivity contribution is -0.123. The van der Waals surface area contributed by atoms with Crippen molar-refractivity contribution in [3.63, 3.8) is 0 Å². The van der Waals surface area contributed by atoms with Gasteiger partial charge in [-0.05, 0) is 0 Å². The average molecular weight is 351 g/mol. The lowest BCUT2D eigenvalue weighted by Gasteiger charge is -2.09. The zero-order chi connectivity index (χ0) is 15.6. The fourth-order valence-corrected chi connectivity index (χ4v) is 4.10. The van der Waals surface area contributed by atoms with Gasteiger partial charge >= 0.3 is 0 Å². The summed E-state index contributed by atoms with van der Waals surface area (Å²) in [5.74, 6) is -0.270. The van der Waals surface area contributed by atoms with Crippen molar-refractivity contribution in [1.82, 2.24) is 19.4 Å². The van der Waals surface area contributed by atoms with Crippen LogP contribution in [0.15, 0.2) is 16.6 Å². The number of aromatic nitrogens is 2.